The van der Waals surface area contributed by atoms with E-state index in [1.807, 2.05) is 20.8 Å². The van der Waals surface area contributed by atoms with E-state index in [0.29, 0.717) is 12.2 Å². The average Bonchev–Trinajstić information content (AvgIpc) is 2.63. The lowest BCUT2D eigenvalue weighted by Gasteiger charge is -2.19. The summed E-state index contributed by atoms with van der Waals surface area (Å²) < 4.78 is 12.6. The van der Waals surface area contributed by atoms with Crippen molar-refractivity contribution in [3.8, 4) is 0 Å². The highest BCUT2D eigenvalue weighted by Crippen LogP contribution is 2.24. The lowest BCUT2D eigenvalue weighted by molar-refractivity contribution is -0.117. The molecule has 0 saturated carbocycles. The maximum Gasteiger partial charge on any atom is 0.228 e. The van der Waals surface area contributed by atoms with Gasteiger partial charge in [-0.1, -0.05) is 13.8 Å². The van der Waals surface area contributed by atoms with Crippen LogP contribution in [0.1, 0.15) is 33.6 Å². The molecule has 1 atom stereocenters. The van der Waals surface area contributed by atoms with E-state index in [0.717, 1.165) is 12.6 Å². The van der Waals surface area contributed by atoms with Gasteiger partial charge < -0.3 is 0 Å². The summed E-state index contributed by atoms with van der Waals surface area (Å²) in [7, 11) is 0. The van der Waals surface area contributed by atoms with Crippen LogP contribution in [-0.2, 0) is 4.79 Å². The second kappa shape index (κ2) is 5.58. The number of aromatic nitrogens is 1. The van der Waals surface area contributed by atoms with Crippen LogP contribution in [0.3, 0.4) is 0 Å². The van der Waals surface area contributed by atoms with E-state index in [1.165, 1.54) is 12.1 Å². The first-order chi connectivity index (χ1) is 7.68. The number of amides is 1. The minimum absolute atomic E-state index is 0.0663. The number of nitrogens with zero attached hydrogens (tertiary/aromatic N) is 2. The Morgan fingerprint density at radius 3 is 2.56 bits per heavy atom. The molecule has 0 aromatic carbocycles. The van der Waals surface area contributed by atoms with Gasteiger partial charge in [0.05, 0.1) is 6.20 Å². The van der Waals surface area contributed by atoms with Crippen LogP contribution in [0.4, 0.5) is 10.2 Å². The van der Waals surface area contributed by atoms with E-state index in [9.17, 15) is 9.18 Å². The van der Waals surface area contributed by atoms with Crippen molar-refractivity contribution in [2.45, 2.75) is 39.7 Å². The fourth-order valence-electron chi connectivity index (χ4n) is 1.69. The number of pyridine rings is 1. The molecule has 4 heteroatoms. The molecule has 0 radical (unpaired) electrons. The van der Waals surface area contributed by atoms with E-state index >= 15 is 0 Å². The number of hydrogen-bond acceptors (Lipinski definition) is 2. The summed E-state index contributed by atoms with van der Waals surface area (Å²) in [5.41, 5.74) is 0. The summed E-state index contributed by atoms with van der Waals surface area (Å²) in [4.78, 5) is 17.0. The van der Waals surface area contributed by atoms with Gasteiger partial charge in [0, 0.05) is 12.5 Å². The van der Waals surface area contributed by atoms with E-state index in [4.69, 9.17) is 0 Å². The third-order valence-corrected chi connectivity index (χ3v) is 2.44. The molecule has 1 amide bonds. The average molecular weight is 224 g/mol. The Hall–Kier alpha value is -1.45. The first-order valence-corrected chi connectivity index (χ1v) is 5.62. The minimum Gasteiger partial charge on any atom is -0.294 e. The molecule has 3 nitrogen and oxygen atoms in total. The van der Waals surface area contributed by atoms with Crippen molar-refractivity contribution in [3.63, 3.8) is 0 Å². The van der Waals surface area contributed by atoms with Crippen LogP contribution in [-0.4, -0.2) is 16.9 Å². The number of carbonyl (C=O) groups excluding carboxylic acids is 1. The number of rotatable bonds is 1. The van der Waals surface area contributed by atoms with Gasteiger partial charge in [-0.15, -0.1) is 0 Å². The van der Waals surface area contributed by atoms with Crippen LogP contribution in [0.2, 0.25) is 0 Å². The first kappa shape index (κ1) is 12.6. The molecule has 1 unspecified atom stereocenters. The quantitative estimate of drug-likeness (QED) is 0.735. The Labute approximate surface area is 95.3 Å². The van der Waals surface area contributed by atoms with Crippen molar-refractivity contribution in [1.29, 1.82) is 0 Å². The molecule has 2 heterocycles. The van der Waals surface area contributed by atoms with Gasteiger partial charge in [-0.05, 0) is 25.5 Å². The molecule has 88 valence electrons. The summed E-state index contributed by atoms with van der Waals surface area (Å²) in [5.74, 6) is 0.228. The third kappa shape index (κ3) is 2.56. The molecule has 2 rings (SSSR count). The molecule has 0 bridgehead atoms. The Morgan fingerprint density at radius 1 is 1.44 bits per heavy atom. The van der Waals surface area contributed by atoms with Gasteiger partial charge in [0.15, 0.2) is 0 Å². The van der Waals surface area contributed by atoms with Gasteiger partial charge >= 0.3 is 0 Å². The molecule has 16 heavy (non-hydrogen) atoms. The Morgan fingerprint density at radius 2 is 2.12 bits per heavy atom. The molecule has 1 aromatic heterocycles. The topological polar surface area (TPSA) is 33.2 Å². The summed E-state index contributed by atoms with van der Waals surface area (Å²) in [6.07, 6.45) is 2.53. The van der Waals surface area contributed by atoms with Crippen molar-refractivity contribution in [1.82, 2.24) is 4.98 Å². The molecule has 0 N–H and O–H groups in total. The van der Waals surface area contributed by atoms with Gasteiger partial charge in [-0.25, -0.2) is 9.37 Å². The molecular formula is C12H17FN2O. The van der Waals surface area contributed by atoms with E-state index < -0.39 is 0 Å². The maximum absolute atomic E-state index is 12.6. The predicted molar refractivity (Wildman–Crippen MR) is 61.7 cm³/mol. The highest BCUT2D eigenvalue weighted by molar-refractivity contribution is 5.95. The van der Waals surface area contributed by atoms with Crippen molar-refractivity contribution < 1.29 is 9.18 Å². The molecular weight excluding hydrogens is 207 g/mol. The van der Waals surface area contributed by atoms with Crippen LogP contribution in [0.25, 0.3) is 0 Å². The zero-order chi connectivity index (χ0) is 12.1. The first-order valence-electron chi connectivity index (χ1n) is 5.62. The maximum atomic E-state index is 12.6. The SMILES string of the molecule is CC.CC1CCC(=O)N1c1ccc(F)cn1. The highest BCUT2D eigenvalue weighted by atomic mass is 19.1. The zero-order valence-electron chi connectivity index (χ0n) is 9.90. The summed E-state index contributed by atoms with van der Waals surface area (Å²) >= 11 is 0. The second-order valence-corrected chi connectivity index (χ2v) is 3.49. The van der Waals surface area contributed by atoms with Gasteiger partial charge in [0.1, 0.15) is 11.6 Å². The molecule has 1 aliphatic heterocycles. The van der Waals surface area contributed by atoms with Gasteiger partial charge in [0.25, 0.3) is 0 Å². The summed E-state index contributed by atoms with van der Waals surface area (Å²) in [6.45, 7) is 5.97. The molecule has 0 aliphatic carbocycles. The van der Waals surface area contributed by atoms with Crippen LogP contribution in [0.15, 0.2) is 18.3 Å². The van der Waals surface area contributed by atoms with Crippen LogP contribution < -0.4 is 4.90 Å². The van der Waals surface area contributed by atoms with Gasteiger partial charge in [0.2, 0.25) is 5.91 Å². The van der Waals surface area contributed by atoms with E-state index in [1.54, 1.807) is 4.90 Å². The van der Waals surface area contributed by atoms with E-state index in [-0.39, 0.29) is 17.8 Å². The highest BCUT2D eigenvalue weighted by Gasteiger charge is 2.29. The van der Waals surface area contributed by atoms with Crippen LogP contribution in [0.5, 0.6) is 0 Å². The number of anilines is 1. The molecule has 1 fully saturated rings. The predicted octanol–water partition coefficient (Wildman–Crippen LogP) is 2.76. The molecule has 0 spiro atoms. The van der Waals surface area contributed by atoms with Crippen molar-refractivity contribution >= 4 is 11.7 Å². The van der Waals surface area contributed by atoms with E-state index in [2.05, 4.69) is 4.98 Å². The monoisotopic (exact) mass is 224 g/mol. The number of halogens is 1. The standard InChI is InChI=1S/C10H11FN2O.C2H6/c1-7-2-5-10(14)13(7)9-4-3-8(11)6-12-9;1-2/h3-4,6-7H,2,5H2,1H3;1-2H3. The minimum atomic E-state index is -0.381. The lowest BCUT2D eigenvalue weighted by Crippen LogP contribution is -2.31. The van der Waals surface area contributed by atoms with Gasteiger partial charge in [-0.3, -0.25) is 9.69 Å². The molecule has 1 aromatic rings. The van der Waals surface area contributed by atoms with Crippen molar-refractivity contribution in [3.05, 3.63) is 24.1 Å². The Bertz CT molecular complexity index is 351. The van der Waals surface area contributed by atoms with Crippen LogP contribution >= 0.6 is 0 Å². The molecule has 1 saturated heterocycles. The fourth-order valence-corrected chi connectivity index (χ4v) is 1.69. The third-order valence-electron chi connectivity index (χ3n) is 2.44. The van der Waals surface area contributed by atoms with Crippen LogP contribution in [0, 0.1) is 5.82 Å². The van der Waals surface area contributed by atoms with Crippen molar-refractivity contribution in [2.24, 2.45) is 0 Å². The fraction of sp³-hybridized carbons (Fsp3) is 0.500. The summed E-state index contributed by atoms with van der Waals surface area (Å²) in [6, 6.07) is 3.02. The smallest absolute Gasteiger partial charge is 0.228 e. The largest absolute Gasteiger partial charge is 0.294 e. The second-order valence-electron chi connectivity index (χ2n) is 3.49. The lowest BCUT2D eigenvalue weighted by atomic mass is 10.2. The number of carbonyl (C=O) groups is 1. The normalized spacial score (nSPS) is 19.4. The zero-order valence-corrected chi connectivity index (χ0v) is 9.90. The number of hydrogen-bond donors (Lipinski definition) is 0. The molecule has 1 aliphatic rings. The Balaban J connectivity index is 0.000000606. The van der Waals surface area contributed by atoms with Crippen molar-refractivity contribution in [2.75, 3.05) is 4.90 Å². The summed E-state index contributed by atoms with van der Waals surface area (Å²) in [5, 5.41) is 0. The Kier molecular flexibility index (Phi) is 4.40. The van der Waals surface area contributed by atoms with Gasteiger partial charge in [-0.2, -0.15) is 0 Å².